The SMILES string of the molecule is CC(Oc1ccc(C=Nc2ccc(OCC3CO3)cc2)cc1)C(C)Oc1ccc(C=Nc2ccc(OCC3CO3)cc2)cc1. The summed E-state index contributed by atoms with van der Waals surface area (Å²) in [6.07, 6.45) is 3.83. The van der Waals surface area contributed by atoms with Crippen molar-refractivity contribution in [1.82, 2.24) is 0 Å². The van der Waals surface area contributed by atoms with Crippen molar-refractivity contribution in [3.8, 4) is 23.0 Å². The Morgan fingerprint density at radius 3 is 1.25 bits per heavy atom. The molecule has 226 valence electrons. The van der Waals surface area contributed by atoms with E-state index in [9.17, 15) is 0 Å². The Hall–Kier alpha value is -4.66. The molecule has 44 heavy (non-hydrogen) atoms. The normalized spacial score (nSPS) is 18.6. The maximum absolute atomic E-state index is 6.14. The lowest BCUT2D eigenvalue weighted by atomic mass is 10.2. The fourth-order valence-corrected chi connectivity index (χ4v) is 4.15. The van der Waals surface area contributed by atoms with E-state index in [1.807, 2.05) is 123 Å². The van der Waals surface area contributed by atoms with Crippen molar-refractivity contribution in [2.75, 3.05) is 26.4 Å². The van der Waals surface area contributed by atoms with Crippen LogP contribution in [0.15, 0.2) is 107 Å². The van der Waals surface area contributed by atoms with Gasteiger partial charge in [-0.3, -0.25) is 9.98 Å². The fraction of sp³-hybridized carbons (Fsp3) is 0.278. The molecule has 4 aromatic carbocycles. The van der Waals surface area contributed by atoms with Gasteiger partial charge < -0.3 is 28.4 Å². The molecule has 0 amide bonds. The summed E-state index contributed by atoms with van der Waals surface area (Å²) >= 11 is 0. The van der Waals surface area contributed by atoms with Crippen molar-refractivity contribution in [1.29, 1.82) is 0 Å². The highest BCUT2D eigenvalue weighted by Gasteiger charge is 2.23. The Balaban J connectivity index is 0.936. The minimum atomic E-state index is -0.160. The Labute approximate surface area is 257 Å². The van der Waals surface area contributed by atoms with Crippen molar-refractivity contribution < 1.29 is 28.4 Å². The number of hydrogen-bond acceptors (Lipinski definition) is 8. The van der Waals surface area contributed by atoms with Crippen molar-refractivity contribution in [2.24, 2.45) is 9.98 Å². The maximum Gasteiger partial charge on any atom is 0.132 e. The number of ether oxygens (including phenoxy) is 6. The van der Waals surface area contributed by atoms with E-state index in [4.69, 9.17) is 28.4 Å². The lowest BCUT2D eigenvalue weighted by Crippen LogP contribution is -2.31. The van der Waals surface area contributed by atoms with Gasteiger partial charge in [0.2, 0.25) is 0 Å². The van der Waals surface area contributed by atoms with Gasteiger partial charge in [-0.15, -0.1) is 0 Å². The van der Waals surface area contributed by atoms with Crippen molar-refractivity contribution >= 4 is 23.8 Å². The first-order valence-electron chi connectivity index (χ1n) is 14.9. The van der Waals surface area contributed by atoms with E-state index >= 15 is 0 Å². The molecule has 0 N–H and O–H groups in total. The van der Waals surface area contributed by atoms with E-state index in [-0.39, 0.29) is 24.4 Å². The van der Waals surface area contributed by atoms with Crippen LogP contribution in [-0.2, 0) is 9.47 Å². The molecule has 2 aliphatic heterocycles. The molecule has 2 saturated heterocycles. The summed E-state index contributed by atoms with van der Waals surface area (Å²) in [7, 11) is 0. The molecule has 8 heteroatoms. The van der Waals surface area contributed by atoms with Gasteiger partial charge in [0.05, 0.1) is 24.6 Å². The highest BCUT2D eigenvalue weighted by Crippen LogP contribution is 2.23. The van der Waals surface area contributed by atoms with Crippen LogP contribution in [-0.4, -0.2) is 63.3 Å². The molecule has 8 nitrogen and oxygen atoms in total. The van der Waals surface area contributed by atoms with E-state index in [1.165, 1.54) is 0 Å². The van der Waals surface area contributed by atoms with Crippen LogP contribution < -0.4 is 18.9 Å². The summed E-state index contributed by atoms with van der Waals surface area (Å²) in [6.45, 7) is 6.76. The molecular formula is C36H36N2O6. The lowest BCUT2D eigenvalue weighted by Gasteiger charge is -2.23. The first-order chi connectivity index (χ1) is 21.6. The molecule has 4 unspecified atom stereocenters. The Morgan fingerprint density at radius 1 is 0.568 bits per heavy atom. The molecule has 4 atom stereocenters. The van der Waals surface area contributed by atoms with Gasteiger partial charge in [0, 0.05) is 12.4 Å². The summed E-state index contributed by atoms with van der Waals surface area (Å²) in [4.78, 5) is 9.11. The van der Waals surface area contributed by atoms with Gasteiger partial charge in [-0.05, 0) is 122 Å². The molecule has 0 saturated carbocycles. The second-order valence-corrected chi connectivity index (χ2v) is 10.8. The average Bonchev–Trinajstić information content (AvgIpc) is 3.99. The molecule has 0 spiro atoms. The van der Waals surface area contributed by atoms with Gasteiger partial charge in [0.1, 0.15) is 60.6 Å². The van der Waals surface area contributed by atoms with Crippen LogP contribution in [0.2, 0.25) is 0 Å². The van der Waals surface area contributed by atoms with Crippen LogP contribution in [0.1, 0.15) is 25.0 Å². The first-order valence-corrected chi connectivity index (χ1v) is 14.9. The van der Waals surface area contributed by atoms with Crippen molar-refractivity contribution in [3.05, 3.63) is 108 Å². The third kappa shape index (κ3) is 9.17. The molecule has 0 bridgehead atoms. The predicted octanol–water partition coefficient (Wildman–Crippen LogP) is 6.98. The number of hydrogen-bond donors (Lipinski definition) is 0. The van der Waals surface area contributed by atoms with E-state index in [1.54, 1.807) is 0 Å². The van der Waals surface area contributed by atoms with Gasteiger partial charge in [-0.1, -0.05) is 0 Å². The van der Waals surface area contributed by atoms with Crippen LogP contribution in [0.4, 0.5) is 11.4 Å². The van der Waals surface area contributed by atoms with E-state index in [0.717, 1.165) is 58.7 Å². The molecular weight excluding hydrogens is 556 g/mol. The average molecular weight is 593 g/mol. The number of rotatable bonds is 15. The number of nitrogens with zero attached hydrogens (tertiary/aromatic N) is 2. The second kappa shape index (κ2) is 14.2. The summed E-state index contributed by atoms with van der Waals surface area (Å²) in [5.74, 6) is 3.18. The van der Waals surface area contributed by atoms with Crippen LogP contribution in [0.5, 0.6) is 23.0 Å². The van der Waals surface area contributed by atoms with E-state index < -0.39 is 0 Å². The third-order valence-electron chi connectivity index (χ3n) is 7.14. The summed E-state index contributed by atoms with van der Waals surface area (Å²) in [6, 6.07) is 31.1. The molecule has 2 aliphatic rings. The molecule has 2 heterocycles. The zero-order valence-electron chi connectivity index (χ0n) is 24.9. The number of aliphatic imine (C=N–C) groups is 2. The van der Waals surface area contributed by atoms with Crippen molar-refractivity contribution in [2.45, 2.75) is 38.3 Å². The first kappa shape index (κ1) is 29.4. The molecule has 6 rings (SSSR count). The Morgan fingerprint density at radius 2 is 0.909 bits per heavy atom. The second-order valence-electron chi connectivity index (χ2n) is 10.8. The highest BCUT2D eigenvalue weighted by molar-refractivity contribution is 5.82. The van der Waals surface area contributed by atoms with Crippen LogP contribution in [0.25, 0.3) is 0 Å². The van der Waals surface area contributed by atoms with E-state index in [0.29, 0.717) is 13.2 Å². The zero-order chi connectivity index (χ0) is 30.1. The van der Waals surface area contributed by atoms with E-state index in [2.05, 4.69) is 9.98 Å². The molecule has 4 aromatic rings. The molecule has 2 fully saturated rings. The number of benzene rings is 4. The van der Waals surface area contributed by atoms with Gasteiger partial charge >= 0.3 is 0 Å². The quantitative estimate of drug-likeness (QED) is 0.109. The minimum Gasteiger partial charge on any atom is -0.491 e. The smallest absolute Gasteiger partial charge is 0.132 e. The molecule has 0 aliphatic carbocycles. The summed E-state index contributed by atoms with van der Waals surface area (Å²) < 4.78 is 34.0. The maximum atomic E-state index is 6.14. The highest BCUT2D eigenvalue weighted by atomic mass is 16.6. The monoisotopic (exact) mass is 592 g/mol. The Bertz CT molecular complexity index is 1410. The summed E-state index contributed by atoms with van der Waals surface area (Å²) in [5, 5.41) is 0. The summed E-state index contributed by atoms with van der Waals surface area (Å²) in [5.41, 5.74) is 3.68. The number of epoxide rings is 2. The minimum absolute atomic E-state index is 0.160. The molecule has 0 radical (unpaired) electrons. The van der Waals surface area contributed by atoms with Crippen LogP contribution in [0, 0.1) is 0 Å². The van der Waals surface area contributed by atoms with Crippen LogP contribution >= 0.6 is 0 Å². The molecule has 0 aromatic heterocycles. The predicted molar refractivity (Wildman–Crippen MR) is 171 cm³/mol. The van der Waals surface area contributed by atoms with Crippen LogP contribution in [0.3, 0.4) is 0 Å². The Kier molecular flexibility index (Phi) is 9.50. The van der Waals surface area contributed by atoms with Gasteiger partial charge in [0.15, 0.2) is 0 Å². The van der Waals surface area contributed by atoms with Gasteiger partial charge in [-0.25, -0.2) is 0 Å². The topological polar surface area (TPSA) is 86.7 Å². The standard InChI is InChI=1S/C36H36N2O6/c1-25(43-33-11-3-27(4-12-33)19-37-29-7-15-31(16-8-29)39-21-35-23-41-35)26(2)44-34-13-5-28(6-14-34)20-38-30-9-17-32(18-10-30)40-22-36-24-42-36/h3-20,25-26,35-36H,21-24H2,1-2H3. The van der Waals surface area contributed by atoms with Gasteiger partial charge in [0.25, 0.3) is 0 Å². The fourth-order valence-electron chi connectivity index (χ4n) is 4.15. The third-order valence-corrected chi connectivity index (χ3v) is 7.14. The lowest BCUT2D eigenvalue weighted by molar-refractivity contribution is 0.0779. The van der Waals surface area contributed by atoms with Crippen molar-refractivity contribution in [3.63, 3.8) is 0 Å². The zero-order valence-corrected chi connectivity index (χ0v) is 24.9. The van der Waals surface area contributed by atoms with Gasteiger partial charge in [-0.2, -0.15) is 0 Å². The largest absolute Gasteiger partial charge is 0.491 e.